The van der Waals surface area contributed by atoms with Crippen LogP contribution in [0.2, 0.25) is 0 Å². The van der Waals surface area contributed by atoms with Gasteiger partial charge in [0.25, 0.3) is 0 Å². The lowest BCUT2D eigenvalue weighted by Gasteiger charge is -2.30. The summed E-state index contributed by atoms with van der Waals surface area (Å²) in [7, 11) is 1.64. The SMILES string of the molecule is COc1ccc(CN2CCSC(C)C2)cc1C(N)=S. The zero-order chi connectivity index (χ0) is 13.8. The van der Waals surface area contributed by atoms with Crippen LogP contribution in [0.15, 0.2) is 18.2 Å². The van der Waals surface area contributed by atoms with Crippen LogP contribution in [0.25, 0.3) is 0 Å². The van der Waals surface area contributed by atoms with E-state index in [4.69, 9.17) is 22.7 Å². The Bertz CT molecular complexity index is 465. The highest BCUT2D eigenvalue weighted by Crippen LogP contribution is 2.23. The molecule has 0 saturated carbocycles. The molecule has 5 heteroatoms. The summed E-state index contributed by atoms with van der Waals surface area (Å²) in [6.45, 7) is 5.51. The topological polar surface area (TPSA) is 38.5 Å². The van der Waals surface area contributed by atoms with Gasteiger partial charge in [-0.05, 0) is 17.7 Å². The lowest BCUT2D eigenvalue weighted by Crippen LogP contribution is -2.36. The van der Waals surface area contributed by atoms with Crippen LogP contribution in [-0.2, 0) is 6.54 Å². The average molecular weight is 296 g/mol. The molecule has 104 valence electrons. The summed E-state index contributed by atoms with van der Waals surface area (Å²) < 4.78 is 5.28. The number of thioether (sulfide) groups is 1. The molecule has 0 radical (unpaired) electrons. The maximum Gasteiger partial charge on any atom is 0.129 e. The van der Waals surface area contributed by atoms with Crippen molar-refractivity contribution in [2.75, 3.05) is 26.0 Å². The Labute approximate surface area is 124 Å². The van der Waals surface area contributed by atoms with Gasteiger partial charge in [0.05, 0.1) is 12.7 Å². The van der Waals surface area contributed by atoms with Gasteiger partial charge in [-0.3, -0.25) is 4.90 Å². The van der Waals surface area contributed by atoms with E-state index in [1.807, 2.05) is 23.9 Å². The minimum Gasteiger partial charge on any atom is -0.496 e. The molecular formula is C14H20N2OS2. The highest BCUT2D eigenvalue weighted by atomic mass is 32.2. The van der Waals surface area contributed by atoms with Gasteiger partial charge in [0, 0.05) is 30.6 Å². The van der Waals surface area contributed by atoms with Crippen LogP contribution in [-0.4, -0.2) is 41.1 Å². The molecule has 1 heterocycles. The van der Waals surface area contributed by atoms with Crippen molar-refractivity contribution in [2.24, 2.45) is 5.73 Å². The molecule has 1 saturated heterocycles. The van der Waals surface area contributed by atoms with Gasteiger partial charge in [0.1, 0.15) is 10.7 Å². The third kappa shape index (κ3) is 3.84. The number of nitrogens with two attached hydrogens (primary N) is 1. The van der Waals surface area contributed by atoms with Crippen molar-refractivity contribution in [1.82, 2.24) is 4.90 Å². The highest BCUT2D eigenvalue weighted by molar-refractivity contribution is 7.99. The minimum absolute atomic E-state index is 0.390. The molecule has 0 spiro atoms. The van der Waals surface area contributed by atoms with Gasteiger partial charge in [-0.15, -0.1) is 0 Å². The van der Waals surface area contributed by atoms with Gasteiger partial charge >= 0.3 is 0 Å². The van der Waals surface area contributed by atoms with E-state index in [1.54, 1.807) is 7.11 Å². The summed E-state index contributed by atoms with van der Waals surface area (Å²) in [5.74, 6) is 1.96. The number of benzene rings is 1. The Morgan fingerprint density at radius 2 is 2.37 bits per heavy atom. The first-order chi connectivity index (χ1) is 9.10. The van der Waals surface area contributed by atoms with E-state index >= 15 is 0 Å². The van der Waals surface area contributed by atoms with Gasteiger partial charge in [-0.1, -0.05) is 25.2 Å². The lowest BCUT2D eigenvalue weighted by molar-refractivity contribution is 0.278. The fourth-order valence-electron chi connectivity index (χ4n) is 2.34. The summed E-state index contributed by atoms with van der Waals surface area (Å²) in [4.78, 5) is 2.87. The summed E-state index contributed by atoms with van der Waals surface area (Å²) in [5.41, 5.74) is 7.82. The predicted octanol–water partition coefficient (Wildman–Crippen LogP) is 2.27. The smallest absolute Gasteiger partial charge is 0.129 e. The molecule has 1 aliphatic rings. The molecule has 2 N–H and O–H groups in total. The van der Waals surface area contributed by atoms with Crippen LogP contribution < -0.4 is 10.5 Å². The van der Waals surface area contributed by atoms with E-state index in [2.05, 4.69) is 17.9 Å². The summed E-state index contributed by atoms with van der Waals surface area (Å²) in [5, 5.41) is 0.710. The molecule has 1 fully saturated rings. The summed E-state index contributed by atoms with van der Waals surface area (Å²) in [6, 6.07) is 6.09. The number of nitrogens with zero attached hydrogens (tertiary/aromatic N) is 1. The van der Waals surface area contributed by atoms with Crippen molar-refractivity contribution in [3.63, 3.8) is 0 Å². The Balaban J connectivity index is 2.12. The van der Waals surface area contributed by atoms with Crippen molar-refractivity contribution in [3.05, 3.63) is 29.3 Å². The molecule has 0 aromatic heterocycles. The van der Waals surface area contributed by atoms with Crippen LogP contribution in [0.5, 0.6) is 5.75 Å². The fraction of sp³-hybridized carbons (Fsp3) is 0.500. The van der Waals surface area contributed by atoms with Crippen molar-refractivity contribution in [3.8, 4) is 5.75 Å². The maximum absolute atomic E-state index is 5.75. The molecular weight excluding hydrogens is 276 g/mol. The Hall–Kier alpha value is -0.780. The number of ether oxygens (including phenoxy) is 1. The third-order valence-corrected chi connectivity index (χ3v) is 4.62. The number of methoxy groups -OCH3 is 1. The largest absolute Gasteiger partial charge is 0.496 e. The van der Waals surface area contributed by atoms with E-state index in [-0.39, 0.29) is 0 Å². The van der Waals surface area contributed by atoms with Gasteiger partial charge < -0.3 is 10.5 Å². The second kappa shape index (κ2) is 6.59. The minimum atomic E-state index is 0.390. The molecule has 1 aliphatic heterocycles. The second-order valence-electron chi connectivity index (χ2n) is 4.82. The van der Waals surface area contributed by atoms with E-state index in [1.165, 1.54) is 11.3 Å². The van der Waals surface area contributed by atoms with Crippen LogP contribution >= 0.6 is 24.0 Å². The van der Waals surface area contributed by atoms with Crippen molar-refractivity contribution >= 4 is 29.0 Å². The van der Waals surface area contributed by atoms with Gasteiger partial charge in [0.2, 0.25) is 0 Å². The quantitative estimate of drug-likeness (QED) is 0.863. The van der Waals surface area contributed by atoms with Crippen LogP contribution in [0.3, 0.4) is 0 Å². The first kappa shape index (κ1) is 14.6. The standard InChI is InChI=1S/C14H20N2OS2/c1-10-8-16(5-6-19-10)9-11-3-4-13(17-2)12(7-11)14(15)18/h3-4,7,10H,5-6,8-9H2,1-2H3,(H2,15,18). The normalized spacial score (nSPS) is 20.2. The zero-order valence-corrected chi connectivity index (χ0v) is 13.0. The third-order valence-electron chi connectivity index (χ3n) is 3.26. The van der Waals surface area contributed by atoms with E-state index in [9.17, 15) is 0 Å². The summed E-state index contributed by atoms with van der Waals surface area (Å²) in [6.07, 6.45) is 0. The van der Waals surface area contributed by atoms with Gasteiger partial charge in [0.15, 0.2) is 0 Å². The highest BCUT2D eigenvalue weighted by Gasteiger charge is 2.17. The Morgan fingerprint density at radius 1 is 1.58 bits per heavy atom. The fourth-order valence-corrected chi connectivity index (χ4v) is 3.58. The predicted molar refractivity (Wildman–Crippen MR) is 86.1 cm³/mol. The second-order valence-corrected chi connectivity index (χ2v) is 6.80. The average Bonchev–Trinajstić information content (AvgIpc) is 2.38. The maximum atomic E-state index is 5.75. The van der Waals surface area contributed by atoms with Crippen molar-refractivity contribution in [2.45, 2.75) is 18.7 Å². The molecule has 0 aliphatic carbocycles. The van der Waals surface area contributed by atoms with Gasteiger partial charge in [-0.25, -0.2) is 0 Å². The Morgan fingerprint density at radius 3 is 3.00 bits per heavy atom. The Kier molecular flexibility index (Phi) is 5.07. The van der Waals surface area contributed by atoms with Crippen LogP contribution in [0.1, 0.15) is 18.1 Å². The first-order valence-corrected chi connectivity index (χ1v) is 7.86. The van der Waals surface area contributed by atoms with E-state index in [0.29, 0.717) is 10.2 Å². The van der Waals surface area contributed by atoms with E-state index in [0.717, 1.165) is 30.9 Å². The van der Waals surface area contributed by atoms with Crippen LogP contribution in [0, 0.1) is 0 Å². The molecule has 1 aromatic carbocycles. The number of thiocarbonyl (C=S) groups is 1. The van der Waals surface area contributed by atoms with Crippen molar-refractivity contribution < 1.29 is 4.74 Å². The van der Waals surface area contributed by atoms with Crippen LogP contribution in [0.4, 0.5) is 0 Å². The number of hydrogen-bond acceptors (Lipinski definition) is 4. The molecule has 3 nitrogen and oxygen atoms in total. The van der Waals surface area contributed by atoms with Gasteiger partial charge in [-0.2, -0.15) is 11.8 Å². The monoisotopic (exact) mass is 296 g/mol. The molecule has 0 bridgehead atoms. The molecule has 1 atom stereocenters. The first-order valence-electron chi connectivity index (χ1n) is 6.41. The van der Waals surface area contributed by atoms with Crippen molar-refractivity contribution in [1.29, 1.82) is 0 Å². The number of rotatable bonds is 4. The molecule has 1 aromatic rings. The molecule has 2 rings (SSSR count). The zero-order valence-electron chi connectivity index (χ0n) is 11.4. The molecule has 1 unspecified atom stereocenters. The number of hydrogen-bond donors (Lipinski definition) is 1. The molecule has 19 heavy (non-hydrogen) atoms. The summed E-state index contributed by atoms with van der Waals surface area (Å²) >= 11 is 7.12. The van der Waals surface area contributed by atoms with E-state index < -0.39 is 0 Å². The molecule has 0 amide bonds. The lowest BCUT2D eigenvalue weighted by atomic mass is 10.1.